The SMILES string of the molecule is COc1ccc([C@H]2Nc3ccc4ncccc4c3C3=C2C(=O)C[C@H](c2ccccc2)C3)c(OC)c1. The van der Waals surface area contributed by atoms with E-state index in [0.717, 1.165) is 45.3 Å². The van der Waals surface area contributed by atoms with Crippen LogP contribution in [-0.4, -0.2) is 25.0 Å². The van der Waals surface area contributed by atoms with Gasteiger partial charge in [0.1, 0.15) is 11.5 Å². The van der Waals surface area contributed by atoms with Crippen molar-refractivity contribution in [3.05, 3.63) is 101 Å². The van der Waals surface area contributed by atoms with E-state index in [-0.39, 0.29) is 17.7 Å². The summed E-state index contributed by atoms with van der Waals surface area (Å²) in [6, 6.07) is 24.0. The lowest BCUT2D eigenvalue weighted by Gasteiger charge is -2.37. The number of fused-ring (bicyclic) bond motifs is 4. The van der Waals surface area contributed by atoms with Gasteiger partial charge in [-0.3, -0.25) is 9.78 Å². The van der Waals surface area contributed by atoms with Gasteiger partial charge in [-0.15, -0.1) is 0 Å². The first-order valence-corrected chi connectivity index (χ1v) is 11.9. The maximum atomic E-state index is 13.9. The predicted molar refractivity (Wildman–Crippen MR) is 138 cm³/mol. The third kappa shape index (κ3) is 3.55. The van der Waals surface area contributed by atoms with Crippen molar-refractivity contribution in [1.29, 1.82) is 0 Å². The molecular formula is C30H26N2O3. The number of ether oxygens (including phenoxy) is 2. The zero-order valence-electron chi connectivity index (χ0n) is 19.7. The van der Waals surface area contributed by atoms with Crippen LogP contribution in [0.5, 0.6) is 11.5 Å². The molecule has 1 aliphatic carbocycles. The van der Waals surface area contributed by atoms with E-state index in [1.165, 1.54) is 5.56 Å². The first-order valence-electron chi connectivity index (χ1n) is 11.9. The summed E-state index contributed by atoms with van der Waals surface area (Å²) in [6.45, 7) is 0. The van der Waals surface area contributed by atoms with Crippen LogP contribution in [0.25, 0.3) is 16.5 Å². The Morgan fingerprint density at radius 2 is 1.77 bits per heavy atom. The molecule has 0 unspecified atom stereocenters. The zero-order chi connectivity index (χ0) is 23.9. The van der Waals surface area contributed by atoms with Gasteiger partial charge in [0, 0.05) is 46.5 Å². The van der Waals surface area contributed by atoms with Crippen LogP contribution in [0.15, 0.2) is 84.6 Å². The lowest BCUT2D eigenvalue weighted by molar-refractivity contribution is -0.116. The van der Waals surface area contributed by atoms with Crippen LogP contribution in [0.2, 0.25) is 0 Å². The summed E-state index contributed by atoms with van der Waals surface area (Å²) in [5.41, 5.74) is 7.06. The molecule has 35 heavy (non-hydrogen) atoms. The average Bonchev–Trinajstić information content (AvgIpc) is 2.92. The standard InChI is InChI=1S/C30H26N2O3/c1-34-20-10-11-22(27(17-20)35-2)30-29-23(15-19(16-26(29)33)18-7-4-3-5-8-18)28-21-9-6-14-31-24(21)12-13-25(28)32-30/h3-14,17,19,30,32H,15-16H2,1-2H3/t19-,30-/m1/s1. The maximum Gasteiger partial charge on any atom is 0.162 e. The number of anilines is 1. The van der Waals surface area contributed by atoms with Gasteiger partial charge in [-0.05, 0) is 53.8 Å². The molecular weight excluding hydrogens is 436 g/mol. The van der Waals surface area contributed by atoms with Crippen molar-refractivity contribution >= 4 is 27.9 Å². The highest BCUT2D eigenvalue weighted by Crippen LogP contribution is 2.52. The summed E-state index contributed by atoms with van der Waals surface area (Å²) < 4.78 is 11.1. The van der Waals surface area contributed by atoms with Gasteiger partial charge < -0.3 is 14.8 Å². The molecule has 1 aromatic heterocycles. The van der Waals surface area contributed by atoms with Crippen LogP contribution < -0.4 is 14.8 Å². The van der Waals surface area contributed by atoms with E-state index in [0.29, 0.717) is 17.9 Å². The molecule has 6 rings (SSSR count). The average molecular weight is 463 g/mol. The summed E-state index contributed by atoms with van der Waals surface area (Å²) in [6.07, 6.45) is 3.09. The van der Waals surface area contributed by atoms with Gasteiger partial charge in [-0.2, -0.15) is 0 Å². The molecule has 0 amide bonds. The number of carbonyl (C=O) groups excluding carboxylic acids is 1. The number of allylic oxidation sites excluding steroid dienone is 1. The molecule has 0 saturated carbocycles. The highest BCUT2D eigenvalue weighted by atomic mass is 16.5. The largest absolute Gasteiger partial charge is 0.497 e. The van der Waals surface area contributed by atoms with E-state index in [4.69, 9.17) is 9.47 Å². The first-order chi connectivity index (χ1) is 17.2. The van der Waals surface area contributed by atoms with Crippen molar-refractivity contribution in [2.45, 2.75) is 24.8 Å². The number of hydrogen-bond acceptors (Lipinski definition) is 5. The van der Waals surface area contributed by atoms with Gasteiger partial charge in [-0.1, -0.05) is 36.4 Å². The molecule has 0 bridgehead atoms. The lowest BCUT2D eigenvalue weighted by Crippen LogP contribution is -2.30. The van der Waals surface area contributed by atoms with E-state index >= 15 is 0 Å². The summed E-state index contributed by atoms with van der Waals surface area (Å²) >= 11 is 0. The van der Waals surface area contributed by atoms with Crippen LogP contribution in [0.4, 0.5) is 5.69 Å². The third-order valence-corrected chi connectivity index (χ3v) is 7.21. The Morgan fingerprint density at radius 1 is 0.914 bits per heavy atom. The van der Waals surface area contributed by atoms with E-state index < -0.39 is 0 Å². The normalized spacial score (nSPS) is 19.1. The molecule has 174 valence electrons. The van der Waals surface area contributed by atoms with Crippen molar-refractivity contribution in [3.8, 4) is 11.5 Å². The van der Waals surface area contributed by atoms with Crippen LogP contribution in [0.1, 0.15) is 41.5 Å². The molecule has 0 saturated heterocycles. The van der Waals surface area contributed by atoms with Gasteiger partial charge >= 0.3 is 0 Å². The monoisotopic (exact) mass is 462 g/mol. The Morgan fingerprint density at radius 3 is 2.57 bits per heavy atom. The van der Waals surface area contributed by atoms with E-state index in [2.05, 4.69) is 34.6 Å². The van der Waals surface area contributed by atoms with Gasteiger partial charge in [0.2, 0.25) is 0 Å². The van der Waals surface area contributed by atoms with Gasteiger partial charge in [0.25, 0.3) is 0 Å². The van der Waals surface area contributed by atoms with Crippen molar-refractivity contribution in [3.63, 3.8) is 0 Å². The molecule has 4 aromatic rings. The Kier molecular flexibility index (Phi) is 5.25. The van der Waals surface area contributed by atoms with Gasteiger partial charge in [0.05, 0.1) is 25.8 Å². The number of carbonyl (C=O) groups is 1. The number of aromatic nitrogens is 1. The Balaban J connectivity index is 1.58. The number of nitrogens with zero attached hydrogens (tertiary/aromatic N) is 1. The number of pyridine rings is 1. The summed E-state index contributed by atoms with van der Waals surface area (Å²) in [5, 5.41) is 4.74. The van der Waals surface area contributed by atoms with Crippen LogP contribution in [-0.2, 0) is 4.79 Å². The molecule has 2 heterocycles. The molecule has 5 heteroatoms. The number of hydrogen-bond donors (Lipinski definition) is 1. The van der Waals surface area contributed by atoms with Crippen molar-refractivity contribution in [1.82, 2.24) is 4.98 Å². The lowest BCUT2D eigenvalue weighted by atomic mass is 9.71. The fourth-order valence-corrected chi connectivity index (χ4v) is 5.58. The quantitative estimate of drug-likeness (QED) is 0.385. The fourth-order valence-electron chi connectivity index (χ4n) is 5.58. The van der Waals surface area contributed by atoms with Gasteiger partial charge in [0.15, 0.2) is 5.78 Å². The molecule has 1 N–H and O–H groups in total. The first kappa shape index (κ1) is 21.4. The van der Waals surface area contributed by atoms with Gasteiger partial charge in [-0.25, -0.2) is 0 Å². The minimum absolute atomic E-state index is 0.138. The second-order valence-corrected chi connectivity index (χ2v) is 9.07. The Bertz CT molecular complexity index is 1480. The molecule has 3 aromatic carbocycles. The maximum absolute atomic E-state index is 13.9. The minimum atomic E-state index is -0.309. The van der Waals surface area contributed by atoms with Crippen molar-refractivity contribution < 1.29 is 14.3 Å². The molecule has 5 nitrogen and oxygen atoms in total. The molecule has 2 aliphatic rings. The fraction of sp³-hybridized carbons (Fsp3) is 0.200. The number of Topliss-reactive ketones (excluding diaryl/α,β-unsaturated/α-hetero) is 1. The number of nitrogens with one attached hydrogen (secondary N) is 1. The summed E-state index contributed by atoms with van der Waals surface area (Å²) in [5.74, 6) is 1.71. The highest BCUT2D eigenvalue weighted by Gasteiger charge is 2.39. The number of methoxy groups -OCH3 is 2. The van der Waals surface area contributed by atoms with Crippen LogP contribution in [0.3, 0.4) is 0 Å². The molecule has 0 fully saturated rings. The number of ketones is 1. The molecule has 1 aliphatic heterocycles. The summed E-state index contributed by atoms with van der Waals surface area (Å²) in [4.78, 5) is 18.5. The second kappa shape index (κ2) is 8.58. The van der Waals surface area contributed by atoms with E-state index in [1.807, 2.05) is 54.7 Å². The molecule has 0 radical (unpaired) electrons. The van der Waals surface area contributed by atoms with Crippen molar-refractivity contribution in [2.75, 3.05) is 19.5 Å². The molecule has 2 atom stereocenters. The van der Waals surface area contributed by atoms with E-state index in [1.54, 1.807) is 14.2 Å². The number of benzene rings is 3. The zero-order valence-corrected chi connectivity index (χ0v) is 19.7. The number of rotatable bonds is 4. The summed E-state index contributed by atoms with van der Waals surface area (Å²) in [7, 11) is 3.29. The van der Waals surface area contributed by atoms with Crippen LogP contribution in [0, 0.1) is 0 Å². The van der Waals surface area contributed by atoms with Crippen LogP contribution >= 0.6 is 0 Å². The second-order valence-electron chi connectivity index (χ2n) is 9.07. The van der Waals surface area contributed by atoms with E-state index in [9.17, 15) is 4.79 Å². The third-order valence-electron chi connectivity index (χ3n) is 7.21. The minimum Gasteiger partial charge on any atom is -0.497 e. The Hall–Kier alpha value is -4.12. The topological polar surface area (TPSA) is 60.5 Å². The highest BCUT2D eigenvalue weighted by molar-refractivity contribution is 6.12. The van der Waals surface area contributed by atoms with Crippen molar-refractivity contribution in [2.24, 2.45) is 0 Å². The predicted octanol–water partition coefficient (Wildman–Crippen LogP) is 6.32. The smallest absolute Gasteiger partial charge is 0.162 e. The molecule has 0 spiro atoms. The Labute approximate surface area is 204 Å².